The van der Waals surface area contributed by atoms with E-state index in [9.17, 15) is 4.79 Å². The van der Waals surface area contributed by atoms with E-state index in [4.69, 9.17) is 14.7 Å². The minimum Gasteiger partial charge on any atom is -0.381 e. The SMILES string of the molecule is CCC(=O)N1CCn2c(C3CCOCC3)nc(-c3c(C)ccc4cc(-c5cn(C)nc5C)ncc34)c2C1. The summed E-state index contributed by atoms with van der Waals surface area (Å²) >= 11 is 0. The Labute approximate surface area is 217 Å². The Hall–Kier alpha value is -3.52. The van der Waals surface area contributed by atoms with E-state index in [0.29, 0.717) is 18.9 Å². The molecule has 1 aromatic carbocycles. The van der Waals surface area contributed by atoms with Crippen molar-refractivity contribution < 1.29 is 9.53 Å². The highest BCUT2D eigenvalue weighted by Crippen LogP contribution is 2.39. The van der Waals surface area contributed by atoms with Crippen LogP contribution in [0.5, 0.6) is 0 Å². The molecule has 4 aromatic rings. The molecule has 192 valence electrons. The average Bonchev–Trinajstić information content (AvgIpc) is 3.47. The number of amides is 1. The van der Waals surface area contributed by atoms with Gasteiger partial charge in [-0.3, -0.25) is 14.5 Å². The van der Waals surface area contributed by atoms with Crippen LogP contribution in [0.1, 0.15) is 54.9 Å². The number of pyridine rings is 1. The molecule has 0 unspecified atom stereocenters. The number of hydrogen-bond donors (Lipinski definition) is 0. The summed E-state index contributed by atoms with van der Waals surface area (Å²) in [5, 5.41) is 6.71. The van der Waals surface area contributed by atoms with Crippen molar-refractivity contribution in [3.05, 3.63) is 53.4 Å². The van der Waals surface area contributed by atoms with Crippen LogP contribution in [0.2, 0.25) is 0 Å². The molecule has 2 aliphatic heterocycles. The van der Waals surface area contributed by atoms with Gasteiger partial charge in [0.2, 0.25) is 5.91 Å². The quantitative estimate of drug-likeness (QED) is 0.405. The van der Waals surface area contributed by atoms with Crippen molar-refractivity contribution >= 4 is 16.7 Å². The summed E-state index contributed by atoms with van der Waals surface area (Å²) < 4.78 is 9.87. The van der Waals surface area contributed by atoms with Gasteiger partial charge in [0.25, 0.3) is 0 Å². The normalized spacial score (nSPS) is 16.4. The van der Waals surface area contributed by atoms with Gasteiger partial charge in [0.05, 0.1) is 29.3 Å². The third-order valence-electron chi connectivity index (χ3n) is 7.92. The van der Waals surface area contributed by atoms with Crippen molar-refractivity contribution in [1.82, 2.24) is 29.2 Å². The molecule has 5 heterocycles. The molecule has 37 heavy (non-hydrogen) atoms. The molecule has 2 aliphatic rings. The maximum atomic E-state index is 12.7. The number of carbonyl (C=O) groups is 1. The zero-order valence-electron chi connectivity index (χ0n) is 22.1. The van der Waals surface area contributed by atoms with Crippen molar-refractivity contribution in [3.63, 3.8) is 0 Å². The third kappa shape index (κ3) is 4.13. The summed E-state index contributed by atoms with van der Waals surface area (Å²) in [5.74, 6) is 1.71. The summed E-state index contributed by atoms with van der Waals surface area (Å²) in [4.78, 5) is 24.9. The number of benzene rings is 1. The van der Waals surface area contributed by atoms with Gasteiger partial charge in [-0.05, 0) is 43.7 Å². The molecular formula is C29H34N6O2. The van der Waals surface area contributed by atoms with Crippen LogP contribution in [0, 0.1) is 13.8 Å². The van der Waals surface area contributed by atoms with Crippen LogP contribution in [-0.4, -0.2) is 54.9 Å². The van der Waals surface area contributed by atoms with E-state index in [1.165, 1.54) is 0 Å². The van der Waals surface area contributed by atoms with E-state index in [1.54, 1.807) is 0 Å². The Balaban J connectivity index is 1.51. The van der Waals surface area contributed by atoms with Crippen LogP contribution < -0.4 is 0 Å². The van der Waals surface area contributed by atoms with Gasteiger partial charge >= 0.3 is 0 Å². The molecule has 0 N–H and O–H groups in total. The largest absolute Gasteiger partial charge is 0.381 e. The summed E-state index contributed by atoms with van der Waals surface area (Å²) in [7, 11) is 1.93. The molecule has 1 saturated heterocycles. The second-order valence-corrected chi connectivity index (χ2v) is 10.3. The van der Waals surface area contributed by atoms with Gasteiger partial charge in [-0.1, -0.05) is 19.1 Å². The monoisotopic (exact) mass is 498 g/mol. The first-order chi connectivity index (χ1) is 17.9. The Kier molecular flexibility index (Phi) is 6.07. The minimum absolute atomic E-state index is 0.193. The summed E-state index contributed by atoms with van der Waals surface area (Å²) in [6.07, 6.45) is 6.49. The predicted molar refractivity (Wildman–Crippen MR) is 143 cm³/mol. The summed E-state index contributed by atoms with van der Waals surface area (Å²) in [6, 6.07) is 6.49. The number of imidazole rings is 1. The van der Waals surface area contributed by atoms with Crippen molar-refractivity contribution in [2.24, 2.45) is 7.05 Å². The molecule has 1 fully saturated rings. The number of carbonyl (C=O) groups excluding carboxylic acids is 1. The van der Waals surface area contributed by atoms with E-state index in [-0.39, 0.29) is 5.91 Å². The Bertz CT molecular complexity index is 1490. The molecule has 0 aliphatic carbocycles. The fourth-order valence-corrected chi connectivity index (χ4v) is 5.94. The van der Waals surface area contributed by atoms with Crippen LogP contribution in [-0.2, 0) is 29.7 Å². The topological polar surface area (TPSA) is 78.1 Å². The first-order valence-electron chi connectivity index (χ1n) is 13.3. The average molecular weight is 499 g/mol. The number of aromatic nitrogens is 5. The second kappa shape index (κ2) is 9.41. The van der Waals surface area contributed by atoms with E-state index >= 15 is 0 Å². The number of hydrogen-bond acceptors (Lipinski definition) is 5. The van der Waals surface area contributed by atoms with Crippen molar-refractivity contribution in [2.75, 3.05) is 19.8 Å². The van der Waals surface area contributed by atoms with Gasteiger partial charge in [-0.25, -0.2) is 4.98 Å². The fraction of sp³-hybridized carbons (Fsp3) is 0.448. The lowest BCUT2D eigenvalue weighted by molar-refractivity contribution is -0.132. The Morgan fingerprint density at radius 3 is 2.70 bits per heavy atom. The first-order valence-corrected chi connectivity index (χ1v) is 13.3. The highest BCUT2D eigenvalue weighted by molar-refractivity contribution is 5.99. The summed E-state index contributed by atoms with van der Waals surface area (Å²) in [6.45, 7) is 9.75. The lowest BCUT2D eigenvalue weighted by Gasteiger charge is -2.31. The molecule has 8 heteroatoms. The van der Waals surface area contributed by atoms with Crippen molar-refractivity contribution in [1.29, 1.82) is 0 Å². The lowest BCUT2D eigenvalue weighted by Crippen LogP contribution is -2.38. The molecule has 8 nitrogen and oxygen atoms in total. The van der Waals surface area contributed by atoms with Crippen molar-refractivity contribution in [3.8, 4) is 22.5 Å². The van der Waals surface area contributed by atoms with Crippen LogP contribution >= 0.6 is 0 Å². The van der Waals surface area contributed by atoms with Crippen molar-refractivity contribution in [2.45, 2.75) is 59.0 Å². The smallest absolute Gasteiger partial charge is 0.222 e. The van der Waals surface area contributed by atoms with E-state index in [0.717, 1.165) is 95.2 Å². The highest BCUT2D eigenvalue weighted by atomic mass is 16.5. The number of ether oxygens (including phenoxy) is 1. The third-order valence-corrected chi connectivity index (χ3v) is 7.92. The second-order valence-electron chi connectivity index (χ2n) is 10.3. The van der Waals surface area contributed by atoms with Crippen LogP contribution in [0.3, 0.4) is 0 Å². The van der Waals surface area contributed by atoms with Gasteiger partial charge in [0.15, 0.2) is 0 Å². The zero-order valence-corrected chi connectivity index (χ0v) is 22.1. The maximum absolute atomic E-state index is 12.7. The number of fused-ring (bicyclic) bond motifs is 2. The minimum atomic E-state index is 0.193. The molecule has 0 saturated carbocycles. The maximum Gasteiger partial charge on any atom is 0.222 e. The molecule has 3 aromatic heterocycles. The highest BCUT2D eigenvalue weighted by Gasteiger charge is 2.31. The van der Waals surface area contributed by atoms with E-state index in [2.05, 4.69) is 34.8 Å². The van der Waals surface area contributed by atoms with E-state index < -0.39 is 0 Å². The fourth-order valence-electron chi connectivity index (χ4n) is 5.94. The van der Waals surface area contributed by atoms with Crippen LogP contribution in [0.25, 0.3) is 33.3 Å². The van der Waals surface area contributed by atoms with E-state index in [1.807, 2.05) is 42.9 Å². The van der Waals surface area contributed by atoms with Crippen LogP contribution in [0.15, 0.2) is 30.6 Å². The number of aryl methyl sites for hydroxylation is 3. The van der Waals surface area contributed by atoms with Gasteiger partial charge in [0.1, 0.15) is 5.82 Å². The lowest BCUT2D eigenvalue weighted by atomic mass is 9.96. The molecular weight excluding hydrogens is 464 g/mol. The zero-order chi connectivity index (χ0) is 25.7. The molecule has 0 spiro atoms. The Morgan fingerprint density at radius 2 is 1.97 bits per heavy atom. The number of rotatable bonds is 4. The molecule has 0 atom stereocenters. The Morgan fingerprint density at radius 1 is 1.16 bits per heavy atom. The van der Waals surface area contributed by atoms with Gasteiger partial charge in [-0.2, -0.15) is 5.10 Å². The standard InChI is InChI=1S/C29H34N6O2/c1-5-26(36)34-10-11-35-25(17-34)28(31-29(35)20-8-12-37-13-9-20)27-18(2)6-7-21-14-24(30-15-22(21)27)23-16-33(4)32-19(23)3/h6-7,14-16,20H,5,8-13,17H2,1-4H3. The molecule has 0 bridgehead atoms. The van der Waals surface area contributed by atoms with Gasteiger partial charge in [0, 0.05) is 74.6 Å². The molecule has 0 radical (unpaired) electrons. The van der Waals surface area contributed by atoms with Gasteiger partial charge < -0.3 is 14.2 Å². The summed E-state index contributed by atoms with van der Waals surface area (Å²) in [5.41, 5.74) is 7.34. The van der Waals surface area contributed by atoms with Crippen LogP contribution in [0.4, 0.5) is 0 Å². The first kappa shape index (κ1) is 23.9. The predicted octanol–water partition coefficient (Wildman–Crippen LogP) is 4.76. The molecule has 1 amide bonds. The number of nitrogens with zero attached hydrogens (tertiary/aromatic N) is 6. The molecule has 6 rings (SSSR count). The van der Waals surface area contributed by atoms with Gasteiger partial charge in [-0.15, -0.1) is 0 Å².